The zero-order valence-corrected chi connectivity index (χ0v) is 16.8. The Hall–Kier alpha value is -1.60. The number of aromatic nitrogens is 1. The molecule has 3 heterocycles. The van der Waals surface area contributed by atoms with Crippen molar-refractivity contribution in [3.63, 3.8) is 0 Å². The second-order valence-electron chi connectivity index (χ2n) is 6.82. The van der Waals surface area contributed by atoms with Crippen LogP contribution in [0, 0.1) is 0 Å². The largest absolute Gasteiger partial charge is 0.379 e. The fourth-order valence-corrected chi connectivity index (χ4v) is 4.58. The molecular weight excluding hydrogens is 382 g/mol. The van der Waals surface area contributed by atoms with E-state index in [-0.39, 0.29) is 5.91 Å². The van der Waals surface area contributed by atoms with Crippen LogP contribution >= 0.6 is 23.4 Å². The van der Waals surface area contributed by atoms with Crippen molar-refractivity contribution in [2.45, 2.75) is 17.9 Å². The van der Waals surface area contributed by atoms with Crippen molar-refractivity contribution in [3.8, 4) is 11.3 Å². The van der Waals surface area contributed by atoms with Crippen molar-refractivity contribution in [2.24, 2.45) is 0 Å². The Morgan fingerprint density at radius 3 is 3.00 bits per heavy atom. The Bertz CT molecular complexity index is 848. The zero-order valence-electron chi connectivity index (χ0n) is 15.2. The van der Waals surface area contributed by atoms with Gasteiger partial charge in [-0.3, -0.25) is 9.69 Å². The maximum Gasteiger partial charge on any atom is 0.237 e. The summed E-state index contributed by atoms with van der Waals surface area (Å²) < 4.78 is 5.51. The van der Waals surface area contributed by atoms with Crippen LogP contribution in [0.25, 0.3) is 11.3 Å². The smallest absolute Gasteiger partial charge is 0.237 e. The van der Waals surface area contributed by atoms with Gasteiger partial charge in [-0.15, -0.1) is 11.8 Å². The molecule has 5 nitrogen and oxygen atoms in total. The Morgan fingerprint density at radius 1 is 1.30 bits per heavy atom. The summed E-state index contributed by atoms with van der Waals surface area (Å²) in [6, 6.07) is 12.2. The molecule has 1 aromatic heterocycles. The summed E-state index contributed by atoms with van der Waals surface area (Å²) in [4.78, 5) is 22.5. The fraction of sp³-hybridized carbons (Fsp3) is 0.400. The maximum absolute atomic E-state index is 12.6. The summed E-state index contributed by atoms with van der Waals surface area (Å²) in [5, 5.41) is 0.467. The van der Waals surface area contributed by atoms with Gasteiger partial charge in [0.25, 0.3) is 0 Å². The third-order valence-electron chi connectivity index (χ3n) is 5.03. The summed E-state index contributed by atoms with van der Waals surface area (Å²) in [6.45, 7) is 6.13. The first-order valence-corrected chi connectivity index (χ1v) is 10.5. The standard InChI is InChI=1S/C20H22ClN3O2S/c1-14-12-26-10-9-23(14)7-8-24-17-11-15(16-3-2-4-19(21)22-16)5-6-18(17)27-13-20(24)25/h2-6,11,14H,7-10,12-13H2,1H3. The fourth-order valence-electron chi connectivity index (χ4n) is 3.50. The zero-order chi connectivity index (χ0) is 18.8. The molecule has 27 heavy (non-hydrogen) atoms. The number of rotatable bonds is 4. The van der Waals surface area contributed by atoms with Crippen molar-refractivity contribution in [1.29, 1.82) is 0 Å². The average molecular weight is 404 g/mol. The molecule has 2 aliphatic rings. The molecule has 0 saturated carbocycles. The highest BCUT2D eigenvalue weighted by Crippen LogP contribution is 2.38. The molecule has 1 saturated heterocycles. The number of hydrogen-bond acceptors (Lipinski definition) is 5. The monoisotopic (exact) mass is 403 g/mol. The molecule has 0 radical (unpaired) electrons. The van der Waals surface area contributed by atoms with Gasteiger partial charge in [0.05, 0.1) is 30.3 Å². The lowest BCUT2D eigenvalue weighted by atomic mass is 10.1. The third kappa shape index (κ3) is 4.14. The van der Waals surface area contributed by atoms with Gasteiger partial charge in [0.1, 0.15) is 5.15 Å². The van der Waals surface area contributed by atoms with Crippen LogP contribution < -0.4 is 4.90 Å². The molecule has 7 heteroatoms. The quantitative estimate of drug-likeness (QED) is 0.730. The van der Waals surface area contributed by atoms with Gasteiger partial charge in [0.2, 0.25) is 5.91 Å². The predicted octanol–water partition coefficient (Wildman–Crippen LogP) is 3.56. The second kappa shape index (κ2) is 8.19. The number of thioether (sulfide) groups is 1. The van der Waals surface area contributed by atoms with Crippen LogP contribution in [0.2, 0.25) is 5.15 Å². The van der Waals surface area contributed by atoms with E-state index in [1.807, 2.05) is 23.1 Å². The van der Waals surface area contributed by atoms with Crippen molar-refractivity contribution in [3.05, 3.63) is 41.6 Å². The minimum absolute atomic E-state index is 0.157. The summed E-state index contributed by atoms with van der Waals surface area (Å²) in [7, 11) is 0. The first-order valence-electron chi connectivity index (χ1n) is 9.14. The minimum Gasteiger partial charge on any atom is -0.379 e. The Balaban J connectivity index is 1.58. The summed E-state index contributed by atoms with van der Waals surface area (Å²) in [6.07, 6.45) is 0. The maximum atomic E-state index is 12.6. The van der Waals surface area contributed by atoms with Gasteiger partial charge < -0.3 is 9.64 Å². The summed E-state index contributed by atoms with van der Waals surface area (Å²) in [5.41, 5.74) is 2.75. The first kappa shape index (κ1) is 18.7. The highest BCUT2D eigenvalue weighted by molar-refractivity contribution is 8.00. The van der Waals surface area contributed by atoms with Crippen LogP contribution in [-0.4, -0.2) is 60.4 Å². The van der Waals surface area contributed by atoms with E-state index in [0.29, 0.717) is 23.5 Å². The van der Waals surface area contributed by atoms with Crippen LogP contribution in [0.3, 0.4) is 0 Å². The molecule has 1 amide bonds. The van der Waals surface area contributed by atoms with Crippen LogP contribution in [0.4, 0.5) is 5.69 Å². The number of nitrogens with zero attached hydrogens (tertiary/aromatic N) is 3. The van der Waals surface area contributed by atoms with Crippen LogP contribution in [0.1, 0.15) is 6.92 Å². The van der Waals surface area contributed by atoms with Gasteiger partial charge in [0, 0.05) is 36.1 Å². The van der Waals surface area contributed by atoms with E-state index in [4.69, 9.17) is 16.3 Å². The molecule has 2 aromatic rings. The van der Waals surface area contributed by atoms with Gasteiger partial charge in [-0.05, 0) is 31.2 Å². The van der Waals surface area contributed by atoms with Gasteiger partial charge in [0.15, 0.2) is 0 Å². The number of anilines is 1. The first-order chi connectivity index (χ1) is 13.1. The molecule has 142 valence electrons. The number of pyridine rings is 1. The SMILES string of the molecule is CC1COCCN1CCN1C(=O)CSc2ccc(-c3cccc(Cl)n3)cc21. The van der Waals surface area contributed by atoms with Crippen LogP contribution in [-0.2, 0) is 9.53 Å². The third-order valence-corrected chi connectivity index (χ3v) is 6.29. The molecular formula is C20H22ClN3O2S. The van der Waals surface area contributed by atoms with Crippen molar-refractivity contribution >= 4 is 35.0 Å². The number of benzene rings is 1. The predicted molar refractivity (Wildman–Crippen MR) is 110 cm³/mol. The molecule has 4 rings (SSSR count). The summed E-state index contributed by atoms with van der Waals surface area (Å²) in [5.74, 6) is 0.644. The average Bonchev–Trinajstić information content (AvgIpc) is 2.68. The number of fused-ring (bicyclic) bond motifs is 1. The van der Waals surface area contributed by atoms with Crippen LogP contribution in [0.5, 0.6) is 0 Å². The number of ether oxygens (including phenoxy) is 1. The van der Waals surface area contributed by atoms with E-state index in [9.17, 15) is 4.79 Å². The molecule has 0 N–H and O–H groups in total. The lowest BCUT2D eigenvalue weighted by molar-refractivity contribution is -0.116. The highest BCUT2D eigenvalue weighted by atomic mass is 35.5. The van der Waals surface area contributed by atoms with E-state index in [1.165, 1.54) is 0 Å². The number of carbonyl (C=O) groups is 1. The minimum atomic E-state index is 0.157. The topological polar surface area (TPSA) is 45.7 Å². The van der Waals surface area contributed by atoms with Gasteiger partial charge in [-0.2, -0.15) is 0 Å². The van der Waals surface area contributed by atoms with Crippen LogP contribution in [0.15, 0.2) is 41.3 Å². The number of halogens is 1. The van der Waals surface area contributed by atoms with E-state index in [1.54, 1.807) is 17.8 Å². The molecule has 1 atom stereocenters. The van der Waals surface area contributed by atoms with Crippen molar-refractivity contribution < 1.29 is 9.53 Å². The molecule has 0 aliphatic carbocycles. The number of morpholine rings is 1. The van der Waals surface area contributed by atoms with Gasteiger partial charge >= 0.3 is 0 Å². The molecule has 0 spiro atoms. The van der Waals surface area contributed by atoms with E-state index >= 15 is 0 Å². The Kier molecular flexibility index (Phi) is 5.68. The lowest BCUT2D eigenvalue weighted by Crippen LogP contribution is -2.48. The van der Waals surface area contributed by atoms with Gasteiger partial charge in [-0.25, -0.2) is 4.98 Å². The normalized spacial score (nSPS) is 20.6. The molecule has 0 bridgehead atoms. The second-order valence-corrected chi connectivity index (χ2v) is 8.23. The van der Waals surface area contributed by atoms with Gasteiger partial charge in [-0.1, -0.05) is 23.7 Å². The Morgan fingerprint density at radius 2 is 2.19 bits per heavy atom. The molecule has 2 aliphatic heterocycles. The van der Waals surface area contributed by atoms with E-state index < -0.39 is 0 Å². The van der Waals surface area contributed by atoms with E-state index in [0.717, 1.165) is 48.1 Å². The lowest BCUT2D eigenvalue weighted by Gasteiger charge is -2.36. The summed E-state index contributed by atoms with van der Waals surface area (Å²) >= 11 is 7.64. The van der Waals surface area contributed by atoms with Crippen molar-refractivity contribution in [1.82, 2.24) is 9.88 Å². The Labute approximate surface area is 168 Å². The highest BCUT2D eigenvalue weighted by Gasteiger charge is 2.27. The molecule has 1 aromatic carbocycles. The molecule has 1 unspecified atom stereocenters. The number of carbonyl (C=O) groups excluding carboxylic acids is 1. The van der Waals surface area contributed by atoms with E-state index in [2.05, 4.69) is 28.9 Å². The van der Waals surface area contributed by atoms with Crippen molar-refractivity contribution in [2.75, 3.05) is 43.5 Å². The molecule has 1 fully saturated rings. The number of amides is 1. The number of hydrogen-bond donors (Lipinski definition) is 0.